The molecule has 0 spiro atoms. The van der Waals surface area contributed by atoms with Crippen molar-refractivity contribution in [2.45, 2.75) is 106 Å². The van der Waals surface area contributed by atoms with E-state index in [1.807, 2.05) is 6.20 Å². The van der Waals surface area contributed by atoms with Crippen molar-refractivity contribution in [3.63, 3.8) is 0 Å². The molecule has 8 rings (SSSR count). The summed E-state index contributed by atoms with van der Waals surface area (Å²) in [5.74, 6) is 3.80. The summed E-state index contributed by atoms with van der Waals surface area (Å²) in [6.45, 7) is 28.2. The molecular formula is C55H62N4O. The Labute approximate surface area is 358 Å². The lowest BCUT2D eigenvalue weighted by atomic mass is 9.81. The molecule has 0 bridgehead atoms. The van der Waals surface area contributed by atoms with Gasteiger partial charge in [-0.25, -0.2) is 4.98 Å². The van der Waals surface area contributed by atoms with Crippen molar-refractivity contribution in [1.29, 1.82) is 0 Å². The summed E-state index contributed by atoms with van der Waals surface area (Å²) >= 11 is 0. The van der Waals surface area contributed by atoms with Gasteiger partial charge in [0.05, 0.1) is 17.7 Å². The minimum atomic E-state index is -0.0949. The van der Waals surface area contributed by atoms with Crippen LogP contribution in [0.3, 0.4) is 0 Å². The molecule has 1 aliphatic rings. The van der Waals surface area contributed by atoms with E-state index in [0.717, 1.165) is 34.0 Å². The molecule has 0 amide bonds. The van der Waals surface area contributed by atoms with E-state index >= 15 is 0 Å². The zero-order valence-corrected chi connectivity index (χ0v) is 37.8. The van der Waals surface area contributed by atoms with Gasteiger partial charge >= 0.3 is 0 Å². The molecule has 3 heterocycles. The molecule has 0 radical (unpaired) electrons. The molecular weight excluding hydrogens is 733 g/mol. The largest absolute Gasteiger partial charge is 0.457 e. The molecule has 2 aromatic heterocycles. The molecule has 0 N–H and O–H groups in total. The summed E-state index contributed by atoms with van der Waals surface area (Å²) in [5.41, 5.74) is 13.8. The highest BCUT2D eigenvalue weighted by Gasteiger charge is 2.32. The van der Waals surface area contributed by atoms with Crippen molar-refractivity contribution in [2.75, 3.05) is 16.5 Å². The van der Waals surface area contributed by atoms with Crippen LogP contribution in [0.2, 0.25) is 0 Å². The minimum absolute atomic E-state index is 0.00329. The molecule has 308 valence electrons. The van der Waals surface area contributed by atoms with Crippen molar-refractivity contribution in [1.82, 2.24) is 9.55 Å². The highest BCUT2D eigenvalue weighted by molar-refractivity contribution is 6.09. The van der Waals surface area contributed by atoms with E-state index in [4.69, 9.17) is 9.72 Å². The van der Waals surface area contributed by atoms with Gasteiger partial charge < -0.3 is 14.5 Å². The third kappa shape index (κ3) is 7.83. The van der Waals surface area contributed by atoms with Crippen LogP contribution in [-0.4, -0.2) is 16.2 Å². The van der Waals surface area contributed by atoms with Gasteiger partial charge in [-0.3, -0.25) is 4.57 Å². The Morgan fingerprint density at radius 1 is 0.583 bits per heavy atom. The molecule has 5 nitrogen and oxygen atoms in total. The molecule has 0 aliphatic carbocycles. The second-order valence-corrected chi connectivity index (χ2v) is 19.7. The summed E-state index contributed by atoms with van der Waals surface area (Å²) in [6, 6.07) is 41.9. The second kappa shape index (κ2) is 15.7. The number of ether oxygens (including phenoxy) is 1. The Hall–Kier alpha value is -5.81. The van der Waals surface area contributed by atoms with Crippen molar-refractivity contribution >= 4 is 33.2 Å². The fourth-order valence-corrected chi connectivity index (χ4v) is 8.71. The zero-order valence-electron chi connectivity index (χ0n) is 37.8. The number of pyridine rings is 1. The number of hydrogen-bond donors (Lipinski definition) is 0. The second-order valence-electron chi connectivity index (χ2n) is 19.7. The van der Waals surface area contributed by atoms with Crippen LogP contribution in [0, 0.1) is 5.41 Å². The molecule has 1 aliphatic heterocycles. The lowest BCUT2D eigenvalue weighted by Gasteiger charge is -2.31. The van der Waals surface area contributed by atoms with E-state index in [-0.39, 0.29) is 10.8 Å². The van der Waals surface area contributed by atoms with Crippen LogP contribution in [0.25, 0.3) is 38.8 Å². The van der Waals surface area contributed by atoms with E-state index in [1.165, 1.54) is 55.5 Å². The lowest BCUT2D eigenvalue weighted by molar-refractivity contribution is 0.481. The van der Waals surface area contributed by atoms with Gasteiger partial charge in [0.15, 0.2) is 0 Å². The highest BCUT2D eigenvalue weighted by Crippen LogP contribution is 2.43. The van der Waals surface area contributed by atoms with Crippen molar-refractivity contribution < 1.29 is 4.74 Å². The fraction of sp³-hybridized carbons (Fsp3) is 0.327. The van der Waals surface area contributed by atoms with Crippen LogP contribution >= 0.6 is 0 Å². The van der Waals surface area contributed by atoms with Crippen LogP contribution in [0.1, 0.15) is 123 Å². The Morgan fingerprint density at radius 3 is 1.93 bits per heavy atom. The molecule has 0 fully saturated rings. The fourth-order valence-electron chi connectivity index (χ4n) is 8.71. The van der Waals surface area contributed by atoms with Gasteiger partial charge in [-0.05, 0) is 111 Å². The smallest absolute Gasteiger partial charge is 0.137 e. The molecule has 60 heavy (non-hydrogen) atoms. The predicted molar refractivity (Wildman–Crippen MR) is 255 cm³/mol. The van der Waals surface area contributed by atoms with Gasteiger partial charge in [0.25, 0.3) is 0 Å². The standard InChI is InChI=1S/C55H62N4O/c1-35(2)39-28-47(36(3)4)53(48(29-39)37(5)6)38-17-15-18-41(27-38)57-33-51(55(10,11)12)58(34-57)42-19-16-20-43(31-42)60-44-23-24-46-45-21-13-14-22-49(45)59(50(46)32-44)52-30-40(25-26-56-52)54(7,8)9/h13-33,35-37H,34H2,1-12H3. The summed E-state index contributed by atoms with van der Waals surface area (Å²) in [6.07, 6.45) is 4.27. The Morgan fingerprint density at radius 2 is 1.25 bits per heavy atom. The number of para-hydroxylation sites is 1. The minimum Gasteiger partial charge on any atom is -0.457 e. The maximum Gasteiger partial charge on any atom is 0.137 e. The van der Waals surface area contributed by atoms with Crippen LogP contribution in [0.4, 0.5) is 11.4 Å². The molecule has 0 saturated heterocycles. The third-order valence-electron chi connectivity index (χ3n) is 12.1. The quantitative estimate of drug-likeness (QED) is 0.146. The van der Waals surface area contributed by atoms with Crippen molar-refractivity contribution in [3.05, 3.63) is 156 Å². The third-order valence-corrected chi connectivity index (χ3v) is 12.1. The highest BCUT2D eigenvalue weighted by atomic mass is 16.5. The summed E-state index contributed by atoms with van der Waals surface area (Å²) in [7, 11) is 0. The van der Waals surface area contributed by atoms with E-state index < -0.39 is 0 Å². The van der Waals surface area contributed by atoms with Crippen LogP contribution in [0.5, 0.6) is 11.5 Å². The van der Waals surface area contributed by atoms with Gasteiger partial charge in [0.1, 0.15) is 17.3 Å². The number of nitrogens with zero attached hydrogens (tertiary/aromatic N) is 4. The first-order valence-corrected chi connectivity index (χ1v) is 21.8. The Balaban J connectivity index is 1.13. The first kappa shape index (κ1) is 40.9. The van der Waals surface area contributed by atoms with Gasteiger partial charge in [0, 0.05) is 57.8 Å². The topological polar surface area (TPSA) is 33.5 Å². The lowest BCUT2D eigenvalue weighted by Crippen LogP contribution is -2.30. The predicted octanol–water partition coefficient (Wildman–Crippen LogP) is 15.5. The van der Waals surface area contributed by atoms with Crippen LogP contribution < -0.4 is 14.5 Å². The number of fused-ring (bicyclic) bond motifs is 3. The first-order chi connectivity index (χ1) is 28.5. The Bertz CT molecular complexity index is 2710. The number of anilines is 2. The molecule has 5 aromatic carbocycles. The number of aromatic nitrogens is 2. The SMILES string of the molecule is CC(C)c1cc(C(C)C)c(-c2cccc(N3C=C(C(C)(C)C)N(c4cccc(Oc5ccc6c7ccccc7n(-c7cc(C(C)(C)C)ccn7)c6c5)c4)C3)c2)c(C(C)C)c1. The van der Waals surface area contributed by atoms with E-state index in [0.29, 0.717) is 24.4 Å². The number of rotatable bonds is 9. The van der Waals surface area contributed by atoms with Gasteiger partial charge in [-0.1, -0.05) is 132 Å². The van der Waals surface area contributed by atoms with Crippen LogP contribution in [-0.2, 0) is 5.41 Å². The maximum atomic E-state index is 6.74. The van der Waals surface area contributed by atoms with Crippen molar-refractivity contribution in [3.8, 4) is 28.4 Å². The molecule has 5 heteroatoms. The first-order valence-electron chi connectivity index (χ1n) is 21.8. The number of benzene rings is 5. The average molecular weight is 795 g/mol. The maximum absolute atomic E-state index is 6.74. The summed E-state index contributed by atoms with van der Waals surface area (Å²) in [5, 5.41) is 2.36. The monoisotopic (exact) mass is 794 g/mol. The normalized spacial score (nSPS) is 13.8. The van der Waals surface area contributed by atoms with E-state index in [2.05, 4.69) is 219 Å². The van der Waals surface area contributed by atoms with E-state index in [1.54, 1.807) is 0 Å². The van der Waals surface area contributed by atoms with Gasteiger partial charge in [-0.2, -0.15) is 0 Å². The average Bonchev–Trinajstić information content (AvgIpc) is 3.81. The Kier molecular flexibility index (Phi) is 10.7. The van der Waals surface area contributed by atoms with E-state index in [9.17, 15) is 0 Å². The van der Waals surface area contributed by atoms with Gasteiger partial charge in [-0.15, -0.1) is 0 Å². The van der Waals surface area contributed by atoms with Crippen molar-refractivity contribution in [2.24, 2.45) is 5.41 Å². The van der Waals surface area contributed by atoms with Gasteiger partial charge in [0.2, 0.25) is 0 Å². The summed E-state index contributed by atoms with van der Waals surface area (Å²) in [4.78, 5) is 9.72. The number of hydrogen-bond acceptors (Lipinski definition) is 4. The number of allylic oxidation sites excluding steroid dienone is 1. The molecule has 0 saturated carbocycles. The summed E-state index contributed by atoms with van der Waals surface area (Å²) < 4.78 is 9.01. The van der Waals surface area contributed by atoms with Crippen LogP contribution in [0.15, 0.2) is 133 Å². The zero-order chi connectivity index (χ0) is 42.7. The molecule has 0 unspecified atom stereocenters. The molecule has 7 aromatic rings. The molecule has 0 atom stereocenters.